The Morgan fingerprint density at radius 3 is 2.65 bits per heavy atom. The van der Waals surface area contributed by atoms with Gasteiger partial charge in [-0.05, 0) is 25.0 Å². The van der Waals surface area contributed by atoms with Crippen LogP contribution in [0.1, 0.15) is 18.2 Å². The molecule has 1 aromatic heterocycles. The fraction of sp³-hybridized carbons (Fsp3) is 0.357. The van der Waals surface area contributed by atoms with Gasteiger partial charge in [0.1, 0.15) is 0 Å². The Morgan fingerprint density at radius 1 is 1.24 bits per heavy atom. The lowest BCUT2D eigenvalue weighted by Crippen LogP contribution is -2.28. The van der Waals surface area contributed by atoms with E-state index in [0.29, 0.717) is 6.04 Å². The first-order chi connectivity index (χ1) is 8.25. The van der Waals surface area contributed by atoms with E-state index in [1.165, 1.54) is 11.3 Å². The standard InChI is InChI=1S/C14H19N3/c1-12(10-13-6-4-3-5-7-13)15-11-14-8-9-16-17(14)2/h3-9,12,15H,10-11H2,1-2H3. The van der Waals surface area contributed by atoms with Crippen LogP contribution in [0.3, 0.4) is 0 Å². The zero-order chi connectivity index (χ0) is 12.1. The third-order valence-electron chi connectivity index (χ3n) is 2.94. The monoisotopic (exact) mass is 229 g/mol. The highest BCUT2D eigenvalue weighted by Gasteiger charge is 2.04. The van der Waals surface area contributed by atoms with E-state index in [9.17, 15) is 0 Å². The molecule has 0 saturated carbocycles. The number of aromatic nitrogens is 2. The summed E-state index contributed by atoms with van der Waals surface area (Å²) in [6, 6.07) is 13.1. The molecule has 0 bridgehead atoms. The fourth-order valence-corrected chi connectivity index (χ4v) is 1.89. The molecule has 2 rings (SSSR count). The Morgan fingerprint density at radius 2 is 2.00 bits per heavy atom. The van der Waals surface area contributed by atoms with Crippen molar-refractivity contribution in [1.82, 2.24) is 15.1 Å². The van der Waals surface area contributed by atoms with E-state index in [2.05, 4.69) is 47.7 Å². The number of hydrogen-bond acceptors (Lipinski definition) is 2. The first-order valence-corrected chi connectivity index (χ1v) is 6.00. The Bertz CT molecular complexity index is 448. The van der Waals surface area contributed by atoms with E-state index in [1.54, 1.807) is 0 Å². The van der Waals surface area contributed by atoms with Crippen LogP contribution in [0.2, 0.25) is 0 Å². The highest BCUT2D eigenvalue weighted by molar-refractivity contribution is 5.15. The van der Waals surface area contributed by atoms with Crippen LogP contribution in [0.4, 0.5) is 0 Å². The highest BCUT2D eigenvalue weighted by atomic mass is 15.3. The van der Waals surface area contributed by atoms with Crippen LogP contribution in [0.5, 0.6) is 0 Å². The van der Waals surface area contributed by atoms with Crippen molar-refractivity contribution < 1.29 is 0 Å². The molecular weight excluding hydrogens is 210 g/mol. The zero-order valence-corrected chi connectivity index (χ0v) is 10.4. The van der Waals surface area contributed by atoms with Gasteiger partial charge in [-0.25, -0.2) is 0 Å². The van der Waals surface area contributed by atoms with Gasteiger partial charge in [0.15, 0.2) is 0 Å². The Kier molecular flexibility index (Phi) is 3.94. The molecule has 0 aliphatic rings. The SMILES string of the molecule is CC(Cc1ccccc1)NCc1ccnn1C. The molecule has 1 atom stereocenters. The number of nitrogens with zero attached hydrogens (tertiary/aromatic N) is 2. The second-order valence-corrected chi connectivity index (χ2v) is 4.42. The van der Waals surface area contributed by atoms with E-state index in [4.69, 9.17) is 0 Å². The van der Waals surface area contributed by atoms with Crippen molar-refractivity contribution >= 4 is 0 Å². The predicted octanol–water partition coefficient (Wildman–Crippen LogP) is 2.14. The molecule has 17 heavy (non-hydrogen) atoms. The predicted molar refractivity (Wildman–Crippen MR) is 69.7 cm³/mol. The molecule has 1 aromatic carbocycles. The van der Waals surface area contributed by atoms with Gasteiger partial charge >= 0.3 is 0 Å². The lowest BCUT2D eigenvalue weighted by atomic mass is 10.1. The normalized spacial score (nSPS) is 12.6. The van der Waals surface area contributed by atoms with Gasteiger partial charge in [0.2, 0.25) is 0 Å². The van der Waals surface area contributed by atoms with Crippen molar-refractivity contribution in [1.29, 1.82) is 0 Å². The smallest absolute Gasteiger partial charge is 0.0518 e. The van der Waals surface area contributed by atoms with Crippen LogP contribution < -0.4 is 5.32 Å². The minimum absolute atomic E-state index is 0.465. The molecule has 0 amide bonds. The molecule has 0 saturated heterocycles. The molecule has 0 aliphatic carbocycles. The molecule has 3 heteroatoms. The summed E-state index contributed by atoms with van der Waals surface area (Å²) >= 11 is 0. The minimum Gasteiger partial charge on any atom is -0.308 e. The van der Waals surface area contributed by atoms with Crippen LogP contribution in [0.15, 0.2) is 42.6 Å². The number of aryl methyl sites for hydroxylation is 1. The average molecular weight is 229 g/mol. The highest BCUT2D eigenvalue weighted by Crippen LogP contribution is 2.03. The van der Waals surface area contributed by atoms with Crippen LogP contribution in [0.25, 0.3) is 0 Å². The molecule has 0 aliphatic heterocycles. The fourth-order valence-electron chi connectivity index (χ4n) is 1.89. The minimum atomic E-state index is 0.465. The molecule has 1 unspecified atom stereocenters. The summed E-state index contributed by atoms with van der Waals surface area (Å²) in [5, 5.41) is 7.67. The van der Waals surface area contributed by atoms with E-state index in [0.717, 1.165) is 13.0 Å². The second-order valence-electron chi connectivity index (χ2n) is 4.42. The van der Waals surface area contributed by atoms with E-state index in [-0.39, 0.29) is 0 Å². The van der Waals surface area contributed by atoms with E-state index >= 15 is 0 Å². The van der Waals surface area contributed by atoms with Crippen LogP contribution >= 0.6 is 0 Å². The van der Waals surface area contributed by atoms with Gasteiger partial charge in [-0.2, -0.15) is 5.10 Å². The van der Waals surface area contributed by atoms with Gasteiger partial charge < -0.3 is 5.32 Å². The van der Waals surface area contributed by atoms with E-state index < -0.39 is 0 Å². The summed E-state index contributed by atoms with van der Waals surface area (Å²) in [6.07, 6.45) is 2.89. The zero-order valence-electron chi connectivity index (χ0n) is 10.4. The Labute approximate surface area is 102 Å². The molecule has 0 fully saturated rings. The third kappa shape index (κ3) is 3.43. The van der Waals surface area contributed by atoms with Gasteiger partial charge in [0.05, 0.1) is 5.69 Å². The summed E-state index contributed by atoms with van der Waals surface area (Å²) < 4.78 is 1.90. The molecule has 1 N–H and O–H groups in total. The van der Waals surface area contributed by atoms with Gasteiger partial charge in [-0.3, -0.25) is 4.68 Å². The third-order valence-corrected chi connectivity index (χ3v) is 2.94. The average Bonchev–Trinajstić information content (AvgIpc) is 2.74. The summed E-state index contributed by atoms with van der Waals surface area (Å²) in [5.41, 5.74) is 2.59. The van der Waals surface area contributed by atoms with Gasteiger partial charge in [0, 0.05) is 25.8 Å². The number of nitrogens with one attached hydrogen (secondary N) is 1. The molecule has 0 radical (unpaired) electrons. The summed E-state index contributed by atoms with van der Waals surface area (Å²) in [7, 11) is 1.97. The molecule has 3 nitrogen and oxygen atoms in total. The van der Waals surface area contributed by atoms with E-state index in [1.807, 2.05) is 24.0 Å². The Balaban J connectivity index is 1.82. The van der Waals surface area contributed by atoms with Crippen LogP contribution in [-0.4, -0.2) is 15.8 Å². The van der Waals surface area contributed by atoms with Crippen molar-refractivity contribution in [2.45, 2.75) is 25.9 Å². The maximum Gasteiger partial charge on any atom is 0.0518 e. The van der Waals surface area contributed by atoms with Crippen molar-refractivity contribution in [3.05, 3.63) is 53.9 Å². The molecular formula is C14H19N3. The van der Waals surface area contributed by atoms with Gasteiger partial charge in [0.25, 0.3) is 0 Å². The first kappa shape index (κ1) is 11.9. The Hall–Kier alpha value is -1.61. The molecule has 1 heterocycles. The largest absolute Gasteiger partial charge is 0.308 e. The van der Waals surface area contributed by atoms with Crippen molar-refractivity contribution in [3.8, 4) is 0 Å². The second kappa shape index (κ2) is 5.64. The number of rotatable bonds is 5. The molecule has 2 aromatic rings. The lowest BCUT2D eigenvalue weighted by Gasteiger charge is -2.13. The topological polar surface area (TPSA) is 29.9 Å². The molecule has 90 valence electrons. The quantitative estimate of drug-likeness (QED) is 0.851. The van der Waals surface area contributed by atoms with Crippen molar-refractivity contribution in [2.24, 2.45) is 7.05 Å². The van der Waals surface area contributed by atoms with Crippen molar-refractivity contribution in [3.63, 3.8) is 0 Å². The maximum atomic E-state index is 4.16. The van der Waals surface area contributed by atoms with Gasteiger partial charge in [-0.1, -0.05) is 30.3 Å². The summed E-state index contributed by atoms with van der Waals surface area (Å²) in [4.78, 5) is 0. The van der Waals surface area contributed by atoms with Crippen molar-refractivity contribution in [2.75, 3.05) is 0 Å². The van der Waals surface area contributed by atoms with Crippen LogP contribution in [0, 0.1) is 0 Å². The summed E-state index contributed by atoms with van der Waals surface area (Å²) in [5.74, 6) is 0. The summed E-state index contributed by atoms with van der Waals surface area (Å²) in [6.45, 7) is 3.08. The number of benzene rings is 1. The first-order valence-electron chi connectivity index (χ1n) is 6.00. The van der Waals surface area contributed by atoms with Crippen LogP contribution in [-0.2, 0) is 20.0 Å². The molecule has 0 spiro atoms. The maximum absolute atomic E-state index is 4.16. The van der Waals surface area contributed by atoms with Gasteiger partial charge in [-0.15, -0.1) is 0 Å². The number of hydrogen-bond donors (Lipinski definition) is 1. The lowest BCUT2D eigenvalue weighted by molar-refractivity contribution is 0.526.